The number of anilines is 2. The lowest BCUT2D eigenvalue weighted by molar-refractivity contribution is -0.116. The minimum Gasteiger partial charge on any atom is -0.504 e. The first-order valence-electron chi connectivity index (χ1n) is 10.7. The number of carbonyl (C=O) groups excluding carboxylic acids is 1. The van der Waals surface area contributed by atoms with E-state index in [4.69, 9.17) is 4.74 Å². The van der Waals surface area contributed by atoms with Gasteiger partial charge in [0.1, 0.15) is 5.52 Å². The molecule has 1 aromatic heterocycles. The number of hydrogen-bond acceptors (Lipinski definition) is 6. The minimum atomic E-state index is -0.109. The fourth-order valence-corrected chi connectivity index (χ4v) is 4.19. The molecular weight excluding hydrogens is 368 g/mol. The monoisotopic (exact) mass is 398 g/mol. The number of rotatable bonds is 6. The second-order valence-corrected chi connectivity index (χ2v) is 7.95. The lowest BCUT2D eigenvalue weighted by Gasteiger charge is -2.26. The Balaban J connectivity index is 1.43. The third-order valence-corrected chi connectivity index (χ3v) is 5.88. The Hall–Kier alpha value is -2.38. The lowest BCUT2D eigenvalue weighted by atomic mass is 9.95. The number of aromatic nitrogens is 1. The molecule has 1 aliphatic heterocycles. The molecule has 1 aromatic carbocycles. The zero-order valence-corrected chi connectivity index (χ0v) is 16.8. The summed E-state index contributed by atoms with van der Waals surface area (Å²) < 4.78 is 5.33. The van der Waals surface area contributed by atoms with Crippen molar-refractivity contribution in [2.24, 2.45) is 0 Å². The van der Waals surface area contributed by atoms with E-state index in [-0.39, 0.29) is 11.7 Å². The molecule has 3 N–H and O–H groups in total. The second-order valence-electron chi connectivity index (χ2n) is 7.95. The van der Waals surface area contributed by atoms with Crippen LogP contribution in [0.3, 0.4) is 0 Å². The molecule has 0 radical (unpaired) electrons. The summed E-state index contributed by atoms with van der Waals surface area (Å²) in [4.78, 5) is 18.9. The molecule has 1 saturated heterocycles. The molecule has 4 rings (SSSR count). The number of carbonyl (C=O) groups is 1. The zero-order chi connectivity index (χ0) is 20.1. The van der Waals surface area contributed by atoms with Crippen LogP contribution in [0.15, 0.2) is 24.4 Å². The van der Waals surface area contributed by atoms with Gasteiger partial charge in [-0.3, -0.25) is 14.7 Å². The second kappa shape index (κ2) is 9.41. The van der Waals surface area contributed by atoms with Crippen LogP contribution in [0.25, 0.3) is 10.9 Å². The average Bonchev–Trinajstić information content (AvgIpc) is 2.76. The number of hydrogen-bond donors (Lipinski definition) is 3. The third-order valence-electron chi connectivity index (χ3n) is 5.88. The van der Waals surface area contributed by atoms with Crippen molar-refractivity contribution in [1.29, 1.82) is 0 Å². The van der Waals surface area contributed by atoms with Gasteiger partial charge in [0.25, 0.3) is 0 Å². The van der Waals surface area contributed by atoms with Crippen molar-refractivity contribution >= 4 is 28.2 Å². The summed E-state index contributed by atoms with van der Waals surface area (Å²) >= 11 is 0. The maximum Gasteiger partial charge on any atom is 0.225 e. The smallest absolute Gasteiger partial charge is 0.225 e. The van der Waals surface area contributed by atoms with Gasteiger partial charge < -0.3 is 20.5 Å². The predicted octanol–water partition coefficient (Wildman–Crippen LogP) is 3.35. The number of nitrogens with zero attached hydrogens (tertiary/aromatic N) is 2. The highest BCUT2D eigenvalue weighted by Gasteiger charge is 2.17. The van der Waals surface area contributed by atoms with Crippen LogP contribution < -0.4 is 10.6 Å². The molecule has 29 heavy (non-hydrogen) atoms. The molecule has 1 amide bonds. The van der Waals surface area contributed by atoms with Crippen LogP contribution >= 0.6 is 0 Å². The van der Waals surface area contributed by atoms with E-state index in [0.29, 0.717) is 30.2 Å². The van der Waals surface area contributed by atoms with Gasteiger partial charge in [-0.2, -0.15) is 0 Å². The Morgan fingerprint density at radius 2 is 1.93 bits per heavy atom. The third kappa shape index (κ3) is 4.97. The van der Waals surface area contributed by atoms with Crippen LogP contribution in [0.1, 0.15) is 38.5 Å². The van der Waals surface area contributed by atoms with Crippen LogP contribution in [-0.4, -0.2) is 59.8 Å². The summed E-state index contributed by atoms with van der Waals surface area (Å²) in [6, 6.07) is 6.11. The first kappa shape index (κ1) is 19.9. The Morgan fingerprint density at radius 3 is 2.72 bits per heavy atom. The minimum absolute atomic E-state index is 0.0227. The van der Waals surface area contributed by atoms with Crippen LogP contribution in [0, 0.1) is 0 Å². The molecule has 7 heteroatoms. The van der Waals surface area contributed by atoms with Crippen molar-refractivity contribution in [3.63, 3.8) is 0 Å². The van der Waals surface area contributed by atoms with Gasteiger partial charge in [-0.05, 0) is 31.0 Å². The van der Waals surface area contributed by atoms with Gasteiger partial charge in [0.05, 0.1) is 18.9 Å². The number of pyridine rings is 1. The van der Waals surface area contributed by atoms with E-state index in [0.717, 1.165) is 37.4 Å². The van der Waals surface area contributed by atoms with Crippen LogP contribution in [0.5, 0.6) is 5.75 Å². The molecule has 2 aromatic rings. The number of phenolic OH excluding ortho intramolecular Hbond substituents is 1. The van der Waals surface area contributed by atoms with Crippen LogP contribution in [0.2, 0.25) is 0 Å². The maximum absolute atomic E-state index is 12.4. The number of fused-ring (bicyclic) bond motifs is 1. The summed E-state index contributed by atoms with van der Waals surface area (Å²) in [6.07, 6.45) is 8.26. The van der Waals surface area contributed by atoms with Crippen molar-refractivity contribution in [1.82, 2.24) is 9.88 Å². The van der Waals surface area contributed by atoms with E-state index < -0.39 is 0 Å². The highest BCUT2D eigenvalue weighted by Crippen LogP contribution is 2.35. The summed E-state index contributed by atoms with van der Waals surface area (Å²) in [5.41, 5.74) is 1.91. The van der Waals surface area contributed by atoms with Gasteiger partial charge >= 0.3 is 0 Å². The van der Waals surface area contributed by atoms with E-state index in [2.05, 4.69) is 20.5 Å². The average molecular weight is 399 g/mol. The molecule has 0 atom stereocenters. The molecule has 156 valence electrons. The van der Waals surface area contributed by atoms with Gasteiger partial charge in [0.2, 0.25) is 5.91 Å². The van der Waals surface area contributed by atoms with Gasteiger partial charge in [-0.25, -0.2) is 0 Å². The summed E-state index contributed by atoms with van der Waals surface area (Å²) in [5, 5.41) is 18.0. The SMILES string of the molecule is O=C(CCN1CCOCC1)Nc1ccc2c(NC3CCCCC3)ccnc2c1O. The first-order valence-corrected chi connectivity index (χ1v) is 10.7. The Kier molecular flexibility index (Phi) is 6.46. The first-order chi connectivity index (χ1) is 14.2. The normalized spacial score (nSPS) is 18.6. The van der Waals surface area contributed by atoms with Gasteiger partial charge in [-0.1, -0.05) is 19.3 Å². The molecular formula is C22H30N4O3. The maximum atomic E-state index is 12.4. The van der Waals surface area contributed by atoms with Crippen molar-refractivity contribution in [2.75, 3.05) is 43.5 Å². The van der Waals surface area contributed by atoms with Gasteiger partial charge in [0.15, 0.2) is 5.75 Å². The van der Waals surface area contributed by atoms with E-state index in [9.17, 15) is 9.90 Å². The fraction of sp³-hybridized carbons (Fsp3) is 0.545. The molecule has 2 aliphatic rings. The lowest BCUT2D eigenvalue weighted by Crippen LogP contribution is -2.38. The van der Waals surface area contributed by atoms with E-state index in [1.54, 1.807) is 12.3 Å². The van der Waals surface area contributed by atoms with Crippen LogP contribution in [0.4, 0.5) is 11.4 Å². The number of phenols is 1. The standard InChI is InChI=1S/C22H30N4O3/c27-20(9-11-26-12-14-29-15-13-26)25-19-7-6-17-18(8-10-23-21(17)22(19)28)24-16-4-2-1-3-5-16/h6-8,10,16,28H,1-5,9,11-15H2,(H,23,24)(H,25,27). The van der Waals surface area contributed by atoms with Crippen molar-refractivity contribution in [3.8, 4) is 5.75 Å². The highest BCUT2D eigenvalue weighted by atomic mass is 16.5. The number of ether oxygens (including phenoxy) is 1. The van der Waals surface area contributed by atoms with Gasteiger partial charge in [-0.15, -0.1) is 0 Å². The summed E-state index contributed by atoms with van der Waals surface area (Å²) in [6.45, 7) is 3.84. The molecule has 0 bridgehead atoms. The number of morpholine rings is 1. The molecule has 1 saturated carbocycles. The van der Waals surface area contributed by atoms with E-state index in [1.807, 2.05) is 12.1 Å². The van der Waals surface area contributed by atoms with E-state index >= 15 is 0 Å². The van der Waals surface area contributed by atoms with Gasteiger partial charge in [0, 0.05) is 49.4 Å². The zero-order valence-electron chi connectivity index (χ0n) is 16.8. The topological polar surface area (TPSA) is 86.7 Å². The summed E-state index contributed by atoms with van der Waals surface area (Å²) in [5.74, 6) is -0.0860. The fourth-order valence-electron chi connectivity index (χ4n) is 4.19. The van der Waals surface area contributed by atoms with Crippen molar-refractivity contribution < 1.29 is 14.6 Å². The predicted molar refractivity (Wildman–Crippen MR) is 114 cm³/mol. The molecule has 0 unspecified atom stereocenters. The molecule has 1 aliphatic carbocycles. The Labute approximate surface area is 171 Å². The quantitative estimate of drug-likeness (QED) is 0.647. The van der Waals surface area contributed by atoms with Crippen molar-refractivity contribution in [2.45, 2.75) is 44.6 Å². The Morgan fingerprint density at radius 1 is 1.14 bits per heavy atom. The molecule has 2 fully saturated rings. The van der Waals surface area contributed by atoms with Crippen LogP contribution in [-0.2, 0) is 9.53 Å². The summed E-state index contributed by atoms with van der Waals surface area (Å²) in [7, 11) is 0. The number of amides is 1. The number of benzene rings is 1. The molecule has 2 heterocycles. The van der Waals surface area contributed by atoms with Crippen molar-refractivity contribution in [3.05, 3.63) is 24.4 Å². The number of aromatic hydroxyl groups is 1. The number of nitrogens with one attached hydrogen (secondary N) is 2. The Bertz CT molecular complexity index is 845. The highest BCUT2D eigenvalue weighted by molar-refractivity contribution is 6.01. The molecule has 7 nitrogen and oxygen atoms in total. The molecule has 0 spiro atoms. The van der Waals surface area contributed by atoms with E-state index in [1.165, 1.54) is 32.1 Å². The largest absolute Gasteiger partial charge is 0.504 e.